The molecule has 1 heterocycles. The summed E-state index contributed by atoms with van der Waals surface area (Å²) in [7, 11) is 0. The topological polar surface area (TPSA) is 29.3 Å². The number of hydrogen-bond acceptors (Lipinski definition) is 2. The predicted octanol–water partition coefficient (Wildman–Crippen LogP) is 2.70. The Morgan fingerprint density at radius 3 is 2.59 bits per heavy atom. The lowest BCUT2D eigenvalue weighted by Crippen LogP contribution is -2.48. The molecule has 0 aliphatic carbocycles. The predicted molar refractivity (Wildman–Crippen MR) is 73.4 cm³/mol. The van der Waals surface area contributed by atoms with Crippen LogP contribution in [0.3, 0.4) is 0 Å². The Morgan fingerprint density at radius 2 is 1.94 bits per heavy atom. The molecule has 2 nitrogen and oxygen atoms in total. The van der Waals surface area contributed by atoms with Gasteiger partial charge in [-0.3, -0.25) is 0 Å². The van der Waals surface area contributed by atoms with Gasteiger partial charge in [0.2, 0.25) is 0 Å². The third kappa shape index (κ3) is 3.70. The van der Waals surface area contributed by atoms with Crippen LogP contribution in [0.1, 0.15) is 25.3 Å². The first-order chi connectivity index (χ1) is 8.07. The van der Waals surface area contributed by atoms with Crippen molar-refractivity contribution in [2.75, 3.05) is 19.6 Å². The number of nitrogens with zero attached hydrogens (tertiary/aromatic N) is 1. The van der Waals surface area contributed by atoms with Crippen molar-refractivity contribution in [2.45, 2.75) is 31.7 Å². The smallest absolute Gasteiger partial charge is 0.0438 e. The molecule has 1 aromatic rings. The summed E-state index contributed by atoms with van der Waals surface area (Å²) in [4.78, 5) is 2.48. The summed E-state index contributed by atoms with van der Waals surface area (Å²) in [6.07, 6.45) is 3.21. The van der Waals surface area contributed by atoms with Crippen molar-refractivity contribution in [3.8, 4) is 0 Å². The maximum atomic E-state index is 6.15. The molecule has 0 spiro atoms. The van der Waals surface area contributed by atoms with Gasteiger partial charge in [0.25, 0.3) is 0 Å². The Balaban J connectivity index is 1.82. The Bertz CT molecular complexity index is 366. The zero-order valence-corrected chi connectivity index (χ0v) is 11.2. The van der Waals surface area contributed by atoms with Gasteiger partial charge >= 0.3 is 0 Å². The molecule has 3 heteroatoms. The van der Waals surface area contributed by atoms with Gasteiger partial charge in [-0.15, -0.1) is 0 Å². The standard InChI is InChI=1S/C14H21ClN2/c1-14(16)7-10-17(11-8-14)9-6-12-4-2-3-5-13(12)15/h2-5H,6-11,16H2,1H3. The lowest BCUT2D eigenvalue weighted by atomic mass is 9.91. The minimum atomic E-state index is 0.0426. The number of rotatable bonds is 3. The maximum absolute atomic E-state index is 6.15. The summed E-state index contributed by atoms with van der Waals surface area (Å²) in [5.74, 6) is 0. The average molecular weight is 253 g/mol. The molecule has 1 fully saturated rings. The van der Waals surface area contributed by atoms with E-state index < -0.39 is 0 Å². The van der Waals surface area contributed by atoms with E-state index in [1.807, 2.05) is 18.2 Å². The summed E-state index contributed by atoms with van der Waals surface area (Å²) >= 11 is 6.15. The Hall–Kier alpha value is -0.570. The summed E-state index contributed by atoms with van der Waals surface area (Å²) in [5, 5.41) is 0.883. The van der Waals surface area contributed by atoms with E-state index in [1.54, 1.807) is 0 Å². The molecule has 1 saturated heterocycles. The van der Waals surface area contributed by atoms with E-state index in [0.29, 0.717) is 0 Å². The van der Waals surface area contributed by atoms with Gasteiger partial charge in [-0.1, -0.05) is 29.8 Å². The van der Waals surface area contributed by atoms with E-state index in [-0.39, 0.29) is 5.54 Å². The molecular formula is C14H21ClN2. The van der Waals surface area contributed by atoms with Gasteiger partial charge in [-0.2, -0.15) is 0 Å². The van der Waals surface area contributed by atoms with Crippen LogP contribution in [0.5, 0.6) is 0 Å². The second-order valence-corrected chi connectivity index (χ2v) is 5.74. The van der Waals surface area contributed by atoms with E-state index in [4.69, 9.17) is 17.3 Å². The van der Waals surface area contributed by atoms with E-state index in [0.717, 1.165) is 43.9 Å². The van der Waals surface area contributed by atoms with Crippen molar-refractivity contribution >= 4 is 11.6 Å². The number of nitrogens with two attached hydrogens (primary N) is 1. The van der Waals surface area contributed by atoms with Crippen LogP contribution in [0.15, 0.2) is 24.3 Å². The van der Waals surface area contributed by atoms with E-state index in [1.165, 1.54) is 5.56 Å². The molecule has 1 aliphatic heterocycles. The van der Waals surface area contributed by atoms with Crippen LogP contribution in [0, 0.1) is 0 Å². The van der Waals surface area contributed by atoms with Crippen LogP contribution >= 0.6 is 11.6 Å². The van der Waals surface area contributed by atoms with Crippen molar-refractivity contribution in [1.29, 1.82) is 0 Å². The van der Waals surface area contributed by atoms with E-state index >= 15 is 0 Å². The molecule has 94 valence electrons. The lowest BCUT2D eigenvalue weighted by Gasteiger charge is -2.36. The summed E-state index contributed by atoms with van der Waals surface area (Å²) in [5.41, 5.74) is 7.41. The molecule has 0 radical (unpaired) electrons. The molecule has 2 rings (SSSR count). The molecule has 1 aromatic carbocycles. The van der Waals surface area contributed by atoms with Crippen LogP contribution in [-0.4, -0.2) is 30.1 Å². The Kier molecular flexibility index (Phi) is 4.08. The average Bonchev–Trinajstić information content (AvgIpc) is 2.30. The van der Waals surface area contributed by atoms with Crippen LogP contribution in [0.2, 0.25) is 5.02 Å². The van der Waals surface area contributed by atoms with Crippen molar-refractivity contribution < 1.29 is 0 Å². The summed E-state index contributed by atoms with van der Waals surface area (Å²) < 4.78 is 0. The minimum absolute atomic E-state index is 0.0426. The minimum Gasteiger partial charge on any atom is -0.325 e. The number of hydrogen-bond donors (Lipinski definition) is 1. The van der Waals surface area contributed by atoms with E-state index in [9.17, 15) is 0 Å². The normalized spacial score (nSPS) is 20.4. The fourth-order valence-corrected chi connectivity index (χ4v) is 2.50. The molecule has 0 unspecified atom stereocenters. The SMILES string of the molecule is CC1(N)CCN(CCc2ccccc2Cl)CC1. The highest BCUT2D eigenvalue weighted by molar-refractivity contribution is 6.31. The third-order valence-corrected chi connectivity index (χ3v) is 4.02. The Morgan fingerprint density at radius 1 is 1.29 bits per heavy atom. The fraction of sp³-hybridized carbons (Fsp3) is 0.571. The molecule has 0 bridgehead atoms. The highest BCUT2D eigenvalue weighted by atomic mass is 35.5. The van der Waals surface area contributed by atoms with Gasteiger partial charge in [0, 0.05) is 17.1 Å². The van der Waals surface area contributed by atoms with Gasteiger partial charge in [0.15, 0.2) is 0 Å². The first-order valence-corrected chi connectivity index (χ1v) is 6.69. The van der Waals surface area contributed by atoms with Crippen molar-refractivity contribution in [1.82, 2.24) is 4.90 Å². The van der Waals surface area contributed by atoms with Gasteiger partial charge < -0.3 is 10.6 Å². The van der Waals surface area contributed by atoms with Gasteiger partial charge in [-0.05, 0) is 50.9 Å². The zero-order chi connectivity index (χ0) is 12.3. The molecule has 1 aliphatic rings. The molecule has 0 amide bonds. The Labute approximate surface area is 109 Å². The molecular weight excluding hydrogens is 232 g/mol. The zero-order valence-electron chi connectivity index (χ0n) is 10.5. The quantitative estimate of drug-likeness (QED) is 0.896. The second kappa shape index (κ2) is 5.38. The lowest BCUT2D eigenvalue weighted by molar-refractivity contribution is 0.173. The largest absolute Gasteiger partial charge is 0.325 e. The first-order valence-electron chi connectivity index (χ1n) is 6.31. The number of piperidine rings is 1. The summed E-state index contributed by atoms with van der Waals surface area (Å²) in [6, 6.07) is 8.10. The molecule has 2 N–H and O–H groups in total. The van der Waals surface area contributed by atoms with Crippen molar-refractivity contribution in [2.24, 2.45) is 5.73 Å². The number of halogens is 1. The van der Waals surface area contributed by atoms with Gasteiger partial charge in [0.1, 0.15) is 0 Å². The third-order valence-electron chi connectivity index (χ3n) is 3.65. The van der Waals surface area contributed by atoms with Crippen molar-refractivity contribution in [3.05, 3.63) is 34.9 Å². The van der Waals surface area contributed by atoms with Crippen LogP contribution in [-0.2, 0) is 6.42 Å². The van der Waals surface area contributed by atoms with Crippen molar-refractivity contribution in [3.63, 3.8) is 0 Å². The monoisotopic (exact) mass is 252 g/mol. The van der Waals surface area contributed by atoms with Crippen LogP contribution in [0.4, 0.5) is 0 Å². The fourth-order valence-electron chi connectivity index (χ4n) is 2.27. The van der Waals surface area contributed by atoms with Gasteiger partial charge in [-0.25, -0.2) is 0 Å². The van der Waals surface area contributed by atoms with E-state index in [2.05, 4.69) is 17.9 Å². The van der Waals surface area contributed by atoms with Crippen LogP contribution < -0.4 is 5.73 Å². The summed E-state index contributed by atoms with van der Waals surface area (Å²) in [6.45, 7) is 5.45. The van der Waals surface area contributed by atoms with Crippen LogP contribution in [0.25, 0.3) is 0 Å². The first kappa shape index (κ1) is 12.9. The molecule has 0 atom stereocenters. The highest BCUT2D eigenvalue weighted by Gasteiger charge is 2.25. The maximum Gasteiger partial charge on any atom is 0.0438 e. The number of benzene rings is 1. The molecule has 0 saturated carbocycles. The highest BCUT2D eigenvalue weighted by Crippen LogP contribution is 2.20. The molecule has 17 heavy (non-hydrogen) atoms. The number of likely N-dealkylation sites (tertiary alicyclic amines) is 1. The second-order valence-electron chi connectivity index (χ2n) is 5.34. The van der Waals surface area contributed by atoms with Gasteiger partial charge in [0.05, 0.1) is 0 Å². The molecule has 0 aromatic heterocycles.